The molecule has 2 aromatic heterocycles. The molecule has 4 nitrogen and oxygen atoms in total. The van der Waals surface area contributed by atoms with Gasteiger partial charge in [0.2, 0.25) is 5.89 Å². The summed E-state index contributed by atoms with van der Waals surface area (Å²) in [6.45, 7) is 0. The fraction of sp³-hybridized carbons (Fsp3) is 0. The van der Waals surface area contributed by atoms with Crippen LogP contribution in [0.4, 0.5) is 17.1 Å². The van der Waals surface area contributed by atoms with Crippen molar-refractivity contribution in [3.63, 3.8) is 0 Å². The topological polar surface area (TPSA) is 42.4 Å². The van der Waals surface area contributed by atoms with E-state index >= 15 is 0 Å². The monoisotopic (exact) mass is 754 g/mol. The van der Waals surface area contributed by atoms with Gasteiger partial charge in [-0.25, -0.2) is 4.98 Å². The third kappa shape index (κ3) is 5.57. The molecule has 0 N–H and O–H groups in total. The normalized spacial score (nSPS) is 11.7. The number of furan rings is 1. The molecule has 59 heavy (non-hydrogen) atoms. The van der Waals surface area contributed by atoms with Gasteiger partial charge in [-0.05, 0) is 117 Å². The molecule has 2 heterocycles. The third-order valence-corrected chi connectivity index (χ3v) is 11.6. The number of nitrogens with zero attached hydrogens (tertiary/aromatic N) is 2. The van der Waals surface area contributed by atoms with Crippen molar-refractivity contribution >= 4 is 82.4 Å². The van der Waals surface area contributed by atoms with Gasteiger partial charge in [-0.3, -0.25) is 0 Å². The van der Waals surface area contributed by atoms with Crippen molar-refractivity contribution in [2.75, 3.05) is 4.90 Å². The lowest BCUT2D eigenvalue weighted by molar-refractivity contribution is 0.623. The Hall–Kier alpha value is -7.95. The number of para-hydroxylation sites is 1. The van der Waals surface area contributed by atoms with Crippen LogP contribution in [0.1, 0.15) is 0 Å². The quantitative estimate of drug-likeness (QED) is 0.159. The van der Waals surface area contributed by atoms with E-state index < -0.39 is 0 Å². The van der Waals surface area contributed by atoms with Gasteiger partial charge in [0.15, 0.2) is 5.58 Å². The van der Waals surface area contributed by atoms with Crippen LogP contribution in [0.5, 0.6) is 0 Å². The van der Waals surface area contributed by atoms with Gasteiger partial charge >= 0.3 is 0 Å². The predicted molar refractivity (Wildman–Crippen MR) is 245 cm³/mol. The molecule has 0 aliphatic heterocycles. The molecule has 12 aromatic rings. The molecule has 0 spiro atoms. The van der Waals surface area contributed by atoms with E-state index in [1.165, 1.54) is 5.56 Å². The van der Waals surface area contributed by atoms with Gasteiger partial charge in [-0.1, -0.05) is 133 Å². The Labute approximate surface area is 339 Å². The highest BCUT2D eigenvalue weighted by Gasteiger charge is 2.19. The highest BCUT2D eigenvalue weighted by Crippen LogP contribution is 2.43. The van der Waals surface area contributed by atoms with Crippen LogP contribution in [0, 0.1) is 0 Å². The fourth-order valence-electron chi connectivity index (χ4n) is 8.81. The van der Waals surface area contributed by atoms with Crippen LogP contribution in [0.25, 0.3) is 99.1 Å². The fourth-order valence-corrected chi connectivity index (χ4v) is 8.81. The predicted octanol–water partition coefficient (Wildman–Crippen LogP) is 15.7. The van der Waals surface area contributed by atoms with Crippen molar-refractivity contribution in [2.24, 2.45) is 0 Å². The second kappa shape index (κ2) is 13.3. The van der Waals surface area contributed by atoms with Gasteiger partial charge in [0.1, 0.15) is 16.7 Å². The van der Waals surface area contributed by atoms with Crippen LogP contribution in [0.3, 0.4) is 0 Å². The van der Waals surface area contributed by atoms with Crippen molar-refractivity contribution in [1.82, 2.24) is 4.98 Å². The molecule has 0 bridgehead atoms. The summed E-state index contributed by atoms with van der Waals surface area (Å²) >= 11 is 0. The number of oxazole rings is 1. The first-order chi connectivity index (χ1) is 29.2. The zero-order valence-corrected chi connectivity index (χ0v) is 31.8. The van der Waals surface area contributed by atoms with Crippen LogP contribution in [0.15, 0.2) is 215 Å². The highest BCUT2D eigenvalue weighted by molar-refractivity contribution is 6.26. The zero-order chi connectivity index (χ0) is 38.9. The van der Waals surface area contributed by atoms with E-state index in [2.05, 4.69) is 169 Å². The molecule has 10 aromatic carbocycles. The minimum absolute atomic E-state index is 0.626. The Morgan fingerprint density at radius 1 is 0.339 bits per heavy atom. The van der Waals surface area contributed by atoms with Crippen molar-refractivity contribution < 1.29 is 8.83 Å². The van der Waals surface area contributed by atoms with E-state index in [9.17, 15) is 0 Å². The van der Waals surface area contributed by atoms with E-state index in [-0.39, 0.29) is 0 Å². The summed E-state index contributed by atoms with van der Waals surface area (Å²) in [6, 6.07) is 73.0. The summed E-state index contributed by atoms with van der Waals surface area (Å²) in [7, 11) is 0. The number of hydrogen-bond acceptors (Lipinski definition) is 4. The molecular weight excluding hydrogens is 721 g/mol. The average molecular weight is 755 g/mol. The van der Waals surface area contributed by atoms with E-state index in [0.717, 1.165) is 105 Å². The Morgan fingerprint density at radius 3 is 1.69 bits per heavy atom. The van der Waals surface area contributed by atoms with Crippen molar-refractivity contribution in [1.29, 1.82) is 0 Å². The molecule has 0 aliphatic carbocycles. The van der Waals surface area contributed by atoms with Gasteiger partial charge in [0, 0.05) is 44.2 Å². The van der Waals surface area contributed by atoms with Crippen LogP contribution in [0.2, 0.25) is 0 Å². The van der Waals surface area contributed by atoms with Crippen LogP contribution in [-0.2, 0) is 0 Å². The summed E-state index contributed by atoms with van der Waals surface area (Å²) < 4.78 is 12.9. The van der Waals surface area contributed by atoms with E-state index in [1.807, 2.05) is 42.5 Å². The number of benzene rings is 10. The third-order valence-electron chi connectivity index (χ3n) is 11.6. The SMILES string of the molecule is c1ccc(-c2cccc(N(c3cccc(-c4ccc5c(c4)oc4ccccc45)c3)c3ccc4c(ccc5ccc6ccc7nc(-c8ccccc8)oc7c6c54)c3)c2)cc1. The van der Waals surface area contributed by atoms with Gasteiger partial charge in [0.25, 0.3) is 0 Å². The second-order valence-electron chi connectivity index (χ2n) is 15.1. The lowest BCUT2D eigenvalue weighted by atomic mass is 9.95. The molecular formula is C55H34N2O2. The van der Waals surface area contributed by atoms with Gasteiger partial charge in [0.05, 0.1) is 0 Å². The van der Waals surface area contributed by atoms with Crippen LogP contribution >= 0.6 is 0 Å². The standard InChI is InChI=1S/C55H34N2O2/c1-3-11-35(12-4-1)39-15-9-17-43(31-39)57(44-18-10-16-40(32-44)41-25-28-48-47-19-7-8-20-50(47)58-51(48)34-41)45-27-29-46-42(33-45)24-23-36-21-22-37-26-30-49-54(53(37)52(36)46)59-55(56-49)38-13-5-2-6-14-38/h1-34H. The number of rotatable bonds is 6. The highest BCUT2D eigenvalue weighted by atomic mass is 16.3. The Kier molecular flexibility index (Phi) is 7.50. The molecule has 0 fully saturated rings. The lowest BCUT2D eigenvalue weighted by Gasteiger charge is -2.27. The summed E-state index contributed by atoms with van der Waals surface area (Å²) in [6.07, 6.45) is 0. The number of anilines is 3. The van der Waals surface area contributed by atoms with E-state index in [0.29, 0.717) is 5.89 Å². The van der Waals surface area contributed by atoms with Crippen LogP contribution < -0.4 is 4.90 Å². The van der Waals surface area contributed by atoms with Crippen LogP contribution in [-0.4, -0.2) is 4.98 Å². The second-order valence-corrected chi connectivity index (χ2v) is 15.1. The molecule has 0 atom stereocenters. The largest absolute Gasteiger partial charge is 0.456 e. The first-order valence-corrected chi connectivity index (χ1v) is 19.9. The minimum Gasteiger partial charge on any atom is -0.456 e. The molecule has 0 saturated carbocycles. The van der Waals surface area contributed by atoms with E-state index in [4.69, 9.17) is 13.8 Å². The number of fused-ring (bicyclic) bond motifs is 10. The molecule has 276 valence electrons. The first kappa shape index (κ1) is 33.2. The molecule has 0 unspecified atom stereocenters. The molecule has 0 saturated heterocycles. The Balaban J connectivity index is 1.04. The molecule has 12 rings (SSSR count). The van der Waals surface area contributed by atoms with Crippen molar-refractivity contribution in [2.45, 2.75) is 0 Å². The molecule has 0 radical (unpaired) electrons. The summed E-state index contributed by atoms with van der Waals surface area (Å²) in [5, 5.41) is 9.07. The lowest BCUT2D eigenvalue weighted by Crippen LogP contribution is -2.10. The van der Waals surface area contributed by atoms with Crippen molar-refractivity contribution in [3.8, 4) is 33.7 Å². The molecule has 0 aliphatic rings. The summed E-state index contributed by atoms with van der Waals surface area (Å²) in [4.78, 5) is 7.29. The maximum Gasteiger partial charge on any atom is 0.227 e. The first-order valence-electron chi connectivity index (χ1n) is 19.9. The average Bonchev–Trinajstić information content (AvgIpc) is 3.92. The van der Waals surface area contributed by atoms with Crippen molar-refractivity contribution in [3.05, 3.63) is 206 Å². The maximum atomic E-state index is 6.61. The minimum atomic E-state index is 0.626. The summed E-state index contributed by atoms with van der Waals surface area (Å²) in [5.41, 5.74) is 12.1. The zero-order valence-electron chi connectivity index (χ0n) is 31.8. The Bertz CT molecular complexity index is 3570. The van der Waals surface area contributed by atoms with Gasteiger partial charge in [-0.2, -0.15) is 0 Å². The number of hydrogen-bond donors (Lipinski definition) is 0. The van der Waals surface area contributed by atoms with Gasteiger partial charge < -0.3 is 13.7 Å². The molecule has 4 heteroatoms. The summed E-state index contributed by atoms with van der Waals surface area (Å²) in [5.74, 6) is 0.626. The number of aromatic nitrogens is 1. The van der Waals surface area contributed by atoms with Gasteiger partial charge in [-0.15, -0.1) is 0 Å². The Morgan fingerprint density at radius 2 is 0.915 bits per heavy atom. The smallest absolute Gasteiger partial charge is 0.227 e. The maximum absolute atomic E-state index is 6.61. The molecule has 0 amide bonds. The van der Waals surface area contributed by atoms with E-state index in [1.54, 1.807) is 0 Å².